The molecule has 0 atom stereocenters. The zero-order valence-corrected chi connectivity index (χ0v) is 17.8. The van der Waals surface area contributed by atoms with Gasteiger partial charge in [0.2, 0.25) is 0 Å². The molecule has 0 aliphatic heterocycles. The van der Waals surface area contributed by atoms with Gasteiger partial charge < -0.3 is 5.11 Å². The Morgan fingerprint density at radius 3 is 1.48 bits per heavy atom. The number of carboxylic acid groups (broad SMARTS) is 1. The summed E-state index contributed by atoms with van der Waals surface area (Å²) in [6.45, 7) is 2.27. The number of unbranched alkanes of at least 4 members (excludes halogenated alkanes) is 12. The Morgan fingerprint density at radius 1 is 0.593 bits per heavy atom. The zero-order chi connectivity index (χ0) is 19.8. The van der Waals surface area contributed by atoms with Crippen LogP contribution >= 0.6 is 0 Å². The van der Waals surface area contributed by atoms with E-state index in [4.69, 9.17) is 5.11 Å². The number of rotatable bonds is 20. The molecule has 0 saturated heterocycles. The quantitative estimate of drug-likeness (QED) is 0.171. The Morgan fingerprint density at radius 2 is 1.00 bits per heavy atom. The third-order valence-corrected chi connectivity index (χ3v) is 4.78. The molecule has 0 saturated carbocycles. The third-order valence-electron chi connectivity index (χ3n) is 4.78. The van der Waals surface area contributed by atoms with Crippen LogP contribution in [0.5, 0.6) is 0 Å². The van der Waals surface area contributed by atoms with E-state index in [-0.39, 0.29) is 0 Å². The van der Waals surface area contributed by atoms with Crippen molar-refractivity contribution in [3.63, 3.8) is 0 Å². The van der Waals surface area contributed by atoms with Crippen LogP contribution in [0, 0.1) is 0 Å². The molecule has 0 aromatic carbocycles. The molecule has 2 heteroatoms. The van der Waals surface area contributed by atoms with Crippen LogP contribution in [0.1, 0.15) is 116 Å². The molecule has 0 aromatic heterocycles. The average Bonchev–Trinajstić information content (AvgIpc) is 2.65. The van der Waals surface area contributed by atoms with Crippen LogP contribution < -0.4 is 0 Å². The SMILES string of the molecule is CCCCCCCCCC=CCC=CCC=CCCCCCCCC(=O)O. The summed E-state index contributed by atoms with van der Waals surface area (Å²) in [7, 11) is 0. The minimum absolute atomic E-state index is 0.320. The largest absolute Gasteiger partial charge is 0.481 e. The summed E-state index contributed by atoms with van der Waals surface area (Å²) in [5.74, 6) is -0.672. The second-order valence-electron chi connectivity index (χ2n) is 7.50. The fraction of sp³-hybridized carbons (Fsp3) is 0.720. The number of carboxylic acids is 1. The molecule has 0 aliphatic carbocycles. The number of carbonyl (C=O) groups is 1. The Hall–Kier alpha value is -1.31. The van der Waals surface area contributed by atoms with Gasteiger partial charge in [0.25, 0.3) is 0 Å². The lowest BCUT2D eigenvalue weighted by Gasteiger charge is -1.98. The van der Waals surface area contributed by atoms with E-state index in [2.05, 4.69) is 43.4 Å². The van der Waals surface area contributed by atoms with Crippen molar-refractivity contribution >= 4 is 5.97 Å². The first-order valence-corrected chi connectivity index (χ1v) is 11.4. The molecule has 0 bridgehead atoms. The smallest absolute Gasteiger partial charge is 0.303 e. The highest BCUT2D eigenvalue weighted by atomic mass is 16.4. The lowest BCUT2D eigenvalue weighted by Crippen LogP contribution is -1.93. The molecule has 1 N–H and O–H groups in total. The van der Waals surface area contributed by atoms with E-state index in [0.717, 1.165) is 38.5 Å². The standard InChI is InChI=1S/C25H44O2/c1-2-3-4-5-6-7-8-9-10-11-12-13-14-15-16-17-18-19-20-21-22-23-24-25(26)27/h10-11,13-14,16-17H,2-9,12,15,18-24H2,1H3,(H,26,27). The van der Waals surface area contributed by atoms with Crippen molar-refractivity contribution in [3.8, 4) is 0 Å². The van der Waals surface area contributed by atoms with Crippen LogP contribution in [0.25, 0.3) is 0 Å². The fourth-order valence-electron chi connectivity index (χ4n) is 3.07. The topological polar surface area (TPSA) is 37.3 Å². The lowest BCUT2D eigenvalue weighted by molar-refractivity contribution is -0.137. The highest BCUT2D eigenvalue weighted by molar-refractivity contribution is 5.66. The normalized spacial score (nSPS) is 12.0. The minimum atomic E-state index is -0.672. The maximum Gasteiger partial charge on any atom is 0.303 e. The number of hydrogen-bond acceptors (Lipinski definition) is 1. The number of aliphatic carboxylic acids is 1. The second-order valence-corrected chi connectivity index (χ2v) is 7.50. The molecule has 0 radical (unpaired) electrons. The highest BCUT2D eigenvalue weighted by Crippen LogP contribution is 2.09. The summed E-state index contributed by atoms with van der Waals surface area (Å²) >= 11 is 0. The highest BCUT2D eigenvalue weighted by Gasteiger charge is 1.95. The predicted octanol–water partition coefficient (Wildman–Crippen LogP) is 8.39. The molecule has 0 heterocycles. The summed E-state index contributed by atoms with van der Waals surface area (Å²) in [6.07, 6.45) is 33.6. The van der Waals surface area contributed by atoms with Gasteiger partial charge in [-0.15, -0.1) is 0 Å². The zero-order valence-electron chi connectivity index (χ0n) is 17.8. The Labute approximate surface area is 168 Å². The van der Waals surface area contributed by atoms with Crippen molar-refractivity contribution in [1.82, 2.24) is 0 Å². The number of hydrogen-bond donors (Lipinski definition) is 1. The van der Waals surface area contributed by atoms with Gasteiger partial charge in [-0.05, 0) is 44.9 Å². The van der Waals surface area contributed by atoms with Crippen LogP contribution in [-0.4, -0.2) is 11.1 Å². The first kappa shape index (κ1) is 25.7. The molecule has 0 fully saturated rings. The molecular formula is C25H44O2. The molecule has 0 rings (SSSR count). The molecule has 0 spiro atoms. The van der Waals surface area contributed by atoms with Gasteiger partial charge in [0, 0.05) is 6.42 Å². The van der Waals surface area contributed by atoms with Crippen LogP contribution in [-0.2, 0) is 4.79 Å². The molecule has 2 nitrogen and oxygen atoms in total. The predicted molar refractivity (Wildman–Crippen MR) is 119 cm³/mol. The maximum absolute atomic E-state index is 10.4. The molecule has 0 aromatic rings. The Bertz CT molecular complexity index is 393. The van der Waals surface area contributed by atoms with Gasteiger partial charge >= 0.3 is 5.97 Å². The second kappa shape index (κ2) is 22.7. The van der Waals surface area contributed by atoms with Crippen molar-refractivity contribution in [2.75, 3.05) is 0 Å². The third kappa shape index (κ3) is 24.7. The maximum atomic E-state index is 10.4. The molecule has 27 heavy (non-hydrogen) atoms. The minimum Gasteiger partial charge on any atom is -0.481 e. The summed E-state index contributed by atoms with van der Waals surface area (Å²) in [6, 6.07) is 0. The van der Waals surface area contributed by atoms with Crippen molar-refractivity contribution in [2.45, 2.75) is 116 Å². The Balaban J connectivity index is 3.27. The lowest BCUT2D eigenvalue weighted by atomic mass is 10.1. The van der Waals surface area contributed by atoms with Gasteiger partial charge in [-0.25, -0.2) is 0 Å². The van der Waals surface area contributed by atoms with Crippen molar-refractivity contribution in [2.24, 2.45) is 0 Å². The van der Waals surface area contributed by atoms with Gasteiger partial charge in [-0.1, -0.05) is 101 Å². The van der Waals surface area contributed by atoms with E-state index >= 15 is 0 Å². The average molecular weight is 377 g/mol. The van der Waals surface area contributed by atoms with Gasteiger partial charge in [0.05, 0.1) is 0 Å². The van der Waals surface area contributed by atoms with E-state index in [1.807, 2.05) is 0 Å². The van der Waals surface area contributed by atoms with E-state index in [1.54, 1.807) is 0 Å². The van der Waals surface area contributed by atoms with Crippen LogP contribution in [0.3, 0.4) is 0 Å². The summed E-state index contributed by atoms with van der Waals surface area (Å²) < 4.78 is 0. The molecule has 0 amide bonds. The van der Waals surface area contributed by atoms with Crippen molar-refractivity contribution in [1.29, 1.82) is 0 Å². The van der Waals surface area contributed by atoms with Gasteiger partial charge in [-0.2, -0.15) is 0 Å². The van der Waals surface area contributed by atoms with Gasteiger partial charge in [0.15, 0.2) is 0 Å². The van der Waals surface area contributed by atoms with E-state index in [0.29, 0.717) is 6.42 Å². The summed E-state index contributed by atoms with van der Waals surface area (Å²) in [5, 5.41) is 8.56. The number of allylic oxidation sites excluding steroid dienone is 6. The van der Waals surface area contributed by atoms with Crippen molar-refractivity contribution in [3.05, 3.63) is 36.5 Å². The molecule has 0 unspecified atom stereocenters. The van der Waals surface area contributed by atoms with Crippen LogP contribution in [0.2, 0.25) is 0 Å². The monoisotopic (exact) mass is 376 g/mol. The molecule has 0 aliphatic rings. The van der Waals surface area contributed by atoms with Crippen LogP contribution in [0.15, 0.2) is 36.5 Å². The van der Waals surface area contributed by atoms with Crippen LogP contribution in [0.4, 0.5) is 0 Å². The first-order chi connectivity index (χ1) is 13.3. The summed E-state index contributed by atoms with van der Waals surface area (Å²) in [5.41, 5.74) is 0. The van der Waals surface area contributed by atoms with E-state index < -0.39 is 5.97 Å². The van der Waals surface area contributed by atoms with Gasteiger partial charge in [-0.3, -0.25) is 4.79 Å². The fourth-order valence-corrected chi connectivity index (χ4v) is 3.07. The van der Waals surface area contributed by atoms with Crippen molar-refractivity contribution < 1.29 is 9.90 Å². The first-order valence-electron chi connectivity index (χ1n) is 11.4. The van der Waals surface area contributed by atoms with Gasteiger partial charge in [0.1, 0.15) is 0 Å². The molecular weight excluding hydrogens is 332 g/mol. The Kier molecular flexibility index (Phi) is 21.6. The summed E-state index contributed by atoms with van der Waals surface area (Å²) in [4.78, 5) is 10.4. The molecule has 156 valence electrons. The van der Waals surface area contributed by atoms with E-state index in [9.17, 15) is 4.79 Å². The van der Waals surface area contributed by atoms with E-state index in [1.165, 1.54) is 64.2 Å².